The lowest BCUT2D eigenvalue weighted by Gasteiger charge is -2.18. The molecule has 0 aromatic carbocycles. The van der Waals surface area contributed by atoms with Gasteiger partial charge < -0.3 is 14.2 Å². The molecule has 0 saturated carbocycles. The lowest BCUT2D eigenvalue weighted by molar-refractivity contribution is -0.166. The molecule has 442 valence electrons. The summed E-state index contributed by atoms with van der Waals surface area (Å²) in [4.78, 5) is 38.3. The Bertz CT molecular complexity index is 1820. The maximum atomic E-state index is 12.9. The van der Waals surface area contributed by atoms with Crippen LogP contribution in [0.1, 0.15) is 252 Å². The second kappa shape index (κ2) is 65.3. The minimum atomic E-state index is -0.854. The third-order valence-corrected chi connectivity index (χ3v) is 12.7. The summed E-state index contributed by atoms with van der Waals surface area (Å²) in [6.45, 7) is 6.29. The van der Waals surface area contributed by atoms with Crippen LogP contribution in [0, 0.1) is 0 Å². The Morgan fingerprint density at radius 3 is 0.886 bits per heavy atom. The molecule has 79 heavy (non-hydrogen) atoms. The third-order valence-electron chi connectivity index (χ3n) is 12.7. The van der Waals surface area contributed by atoms with Crippen LogP contribution in [0.3, 0.4) is 0 Å². The smallest absolute Gasteiger partial charge is 0.306 e. The molecule has 1 unspecified atom stereocenters. The van der Waals surface area contributed by atoms with Gasteiger partial charge in [0.25, 0.3) is 0 Å². The number of hydrogen-bond donors (Lipinski definition) is 0. The van der Waals surface area contributed by atoms with E-state index < -0.39 is 12.1 Å². The summed E-state index contributed by atoms with van der Waals surface area (Å²) < 4.78 is 16.8. The van der Waals surface area contributed by atoms with Gasteiger partial charge in [0.05, 0.1) is 0 Å². The normalized spacial score (nSPS) is 13.3. The topological polar surface area (TPSA) is 78.9 Å². The van der Waals surface area contributed by atoms with E-state index in [1.54, 1.807) is 0 Å². The molecule has 0 aliphatic heterocycles. The van der Waals surface area contributed by atoms with E-state index in [0.717, 1.165) is 109 Å². The number of allylic oxidation sites excluding steroid dienone is 28. The second-order valence-corrected chi connectivity index (χ2v) is 20.2. The van der Waals surface area contributed by atoms with E-state index in [0.29, 0.717) is 19.3 Å². The average Bonchev–Trinajstić information content (AvgIpc) is 3.45. The summed E-state index contributed by atoms with van der Waals surface area (Å²) in [6.07, 6.45) is 96.5. The van der Waals surface area contributed by atoms with Crippen molar-refractivity contribution in [3.63, 3.8) is 0 Å². The van der Waals surface area contributed by atoms with Gasteiger partial charge in [-0.05, 0) is 135 Å². The van der Waals surface area contributed by atoms with Crippen LogP contribution >= 0.6 is 0 Å². The van der Waals surface area contributed by atoms with E-state index in [9.17, 15) is 14.4 Å². The highest BCUT2D eigenvalue weighted by molar-refractivity contribution is 5.71. The second-order valence-electron chi connectivity index (χ2n) is 20.2. The highest BCUT2D eigenvalue weighted by Gasteiger charge is 2.19. The van der Waals surface area contributed by atoms with E-state index in [-0.39, 0.29) is 38.0 Å². The summed E-state index contributed by atoms with van der Waals surface area (Å²) in [5, 5.41) is 0. The van der Waals surface area contributed by atoms with Gasteiger partial charge in [-0.2, -0.15) is 0 Å². The minimum Gasteiger partial charge on any atom is -0.462 e. The van der Waals surface area contributed by atoms with Gasteiger partial charge in [0, 0.05) is 19.3 Å². The van der Waals surface area contributed by atoms with E-state index in [1.807, 2.05) is 12.2 Å². The van der Waals surface area contributed by atoms with E-state index in [4.69, 9.17) is 14.2 Å². The van der Waals surface area contributed by atoms with Crippen LogP contribution < -0.4 is 0 Å². The van der Waals surface area contributed by atoms with Crippen molar-refractivity contribution in [1.82, 2.24) is 0 Å². The number of unbranched alkanes of at least 4 members (excludes halogenated alkanes) is 16. The van der Waals surface area contributed by atoms with Gasteiger partial charge in [0.1, 0.15) is 13.2 Å². The standard InChI is InChI=1S/C73H114O6/c1-4-7-10-13-16-19-22-25-28-31-34-35-36-37-40-42-45-48-51-54-57-60-63-66-72(75)78-69-70(79-73(76)67-64-61-58-55-52-49-46-43-39-33-30-27-24-21-18-15-12-9-6-3)68-77-71(74)65-62-59-56-53-50-47-44-41-38-32-29-26-23-20-17-14-11-8-5-2/h7,9-10,12,16,18-19,21,25-30,34-35,37,39-40,43,45,48-49,52,54,57-58,61,70H,4-6,8,11,13-15,17,20,22-24,31-33,36,38,41-42,44,46-47,50-51,53,55-56,59-60,62-69H2,1-3H3/b10-7-,12-9-,19-16-,21-18-,28-25-,29-26-,30-27-,35-34-,40-37-,43-39-,48-45-,52-49-,57-54-,61-58-. The molecule has 0 spiro atoms. The van der Waals surface area contributed by atoms with Crippen molar-refractivity contribution in [1.29, 1.82) is 0 Å². The van der Waals surface area contributed by atoms with Crippen molar-refractivity contribution in [2.24, 2.45) is 0 Å². The lowest BCUT2D eigenvalue weighted by atomic mass is 10.1. The zero-order valence-electron chi connectivity index (χ0n) is 50.6. The van der Waals surface area contributed by atoms with E-state index >= 15 is 0 Å². The molecule has 0 bridgehead atoms. The minimum absolute atomic E-state index is 0.135. The van der Waals surface area contributed by atoms with Crippen molar-refractivity contribution < 1.29 is 28.6 Å². The zero-order chi connectivity index (χ0) is 57.1. The molecule has 0 aromatic heterocycles. The van der Waals surface area contributed by atoms with Gasteiger partial charge >= 0.3 is 17.9 Å². The van der Waals surface area contributed by atoms with Crippen molar-refractivity contribution >= 4 is 17.9 Å². The van der Waals surface area contributed by atoms with Crippen LogP contribution in [0.15, 0.2) is 170 Å². The molecule has 0 fully saturated rings. The molecule has 0 radical (unpaired) electrons. The fourth-order valence-electron chi connectivity index (χ4n) is 8.04. The highest BCUT2D eigenvalue weighted by atomic mass is 16.6. The Hall–Kier alpha value is -5.23. The van der Waals surface area contributed by atoms with Crippen LogP contribution in [-0.4, -0.2) is 37.2 Å². The van der Waals surface area contributed by atoms with E-state index in [2.05, 4.69) is 179 Å². The Labute approximate surface area is 485 Å². The van der Waals surface area contributed by atoms with Crippen molar-refractivity contribution in [3.8, 4) is 0 Å². The molecule has 0 amide bonds. The van der Waals surface area contributed by atoms with Crippen LogP contribution in [0.2, 0.25) is 0 Å². The molecule has 6 heteroatoms. The van der Waals surface area contributed by atoms with E-state index in [1.165, 1.54) is 89.9 Å². The quantitative estimate of drug-likeness (QED) is 0.0261. The summed E-state index contributed by atoms with van der Waals surface area (Å²) in [7, 11) is 0. The van der Waals surface area contributed by atoms with Gasteiger partial charge in [-0.15, -0.1) is 0 Å². The monoisotopic (exact) mass is 1090 g/mol. The molecule has 0 heterocycles. The molecule has 0 saturated heterocycles. The Balaban J connectivity index is 4.62. The predicted molar refractivity (Wildman–Crippen MR) is 343 cm³/mol. The van der Waals surface area contributed by atoms with Crippen molar-refractivity contribution in [2.45, 2.75) is 258 Å². The maximum absolute atomic E-state index is 12.9. The first-order chi connectivity index (χ1) is 39.0. The first kappa shape index (κ1) is 73.8. The molecule has 0 aliphatic rings. The summed E-state index contributed by atoms with van der Waals surface area (Å²) >= 11 is 0. The van der Waals surface area contributed by atoms with Crippen LogP contribution in [0.4, 0.5) is 0 Å². The Kier molecular flexibility index (Phi) is 61.0. The van der Waals surface area contributed by atoms with Gasteiger partial charge in [-0.25, -0.2) is 0 Å². The molecule has 0 aromatic rings. The number of esters is 3. The molecule has 0 aliphatic carbocycles. The molecular formula is C73H114O6. The fraction of sp³-hybridized carbons (Fsp3) is 0.575. The fourth-order valence-corrected chi connectivity index (χ4v) is 8.04. The maximum Gasteiger partial charge on any atom is 0.306 e. The average molecular weight is 1090 g/mol. The van der Waals surface area contributed by atoms with Crippen LogP contribution in [0.5, 0.6) is 0 Å². The third kappa shape index (κ3) is 63.5. The number of carbonyl (C=O) groups is 3. The van der Waals surface area contributed by atoms with Crippen molar-refractivity contribution in [2.75, 3.05) is 13.2 Å². The molecule has 0 rings (SSSR count). The molecule has 6 nitrogen and oxygen atoms in total. The Morgan fingerprint density at radius 2 is 0.532 bits per heavy atom. The highest BCUT2D eigenvalue weighted by Crippen LogP contribution is 2.14. The number of rotatable bonds is 55. The van der Waals surface area contributed by atoms with Gasteiger partial charge in [-0.1, -0.05) is 268 Å². The lowest BCUT2D eigenvalue weighted by Crippen LogP contribution is -2.30. The summed E-state index contributed by atoms with van der Waals surface area (Å²) in [6, 6.07) is 0. The Morgan fingerprint density at radius 1 is 0.266 bits per heavy atom. The number of ether oxygens (including phenoxy) is 3. The zero-order valence-corrected chi connectivity index (χ0v) is 50.6. The van der Waals surface area contributed by atoms with Gasteiger partial charge in [0.15, 0.2) is 6.10 Å². The number of hydrogen-bond acceptors (Lipinski definition) is 6. The van der Waals surface area contributed by atoms with Gasteiger partial charge in [-0.3, -0.25) is 14.4 Å². The summed E-state index contributed by atoms with van der Waals surface area (Å²) in [5.41, 5.74) is 0. The molecular weight excluding hydrogens is 973 g/mol. The van der Waals surface area contributed by atoms with Gasteiger partial charge in [0.2, 0.25) is 0 Å². The van der Waals surface area contributed by atoms with Crippen LogP contribution in [-0.2, 0) is 28.6 Å². The largest absolute Gasteiger partial charge is 0.462 e. The first-order valence-corrected chi connectivity index (χ1v) is 31.6. The van der Waals surface area contributed by atoms with Crippen LogP contribution in [0.25, 0.3) is 0 Å². The number of carbonyl (C=O) groups excluding carboxylic acids is 3. The summed E-state index contributed by atoms with van der Waals surface area (Å²) in [5.74, 6) is -1.09. The molecule has 1 atom stereocenters. The molecule has 0 N–H and O–H groups in total. The van der Waals surface area contributed by atoms with Crippen molar-refractivity contribution in [3.05, 3.63) is 170 Å². The SMILES string of the molecule is CC/C=C\C/C=C\C/C=C\C/C=C\C/C=C\C/C=C\C/C=C\CCCC(=O)OCC(COC(=O)CCCCCCCCCCC/C=C\CCCCCCCC)OC(=O)CC/C=C\C/C=C\C/C=C\C/C=C\C/C=C\C/C=C\CC. The first-order valence-electron chi connectivity index (χ1n) is 31.6. The predicted octanol–water partition coefficient (Wildman–Crippen LogP) is 21.9.